The molecule has 1 heterocycles. The second-order valence-electron chi connectivity index (χ2n) is 3.94. The van der Waals surface area contributed by atoms with Crippen LogP contribution in [0.2, 0.25) is 0 Å². The van der Waals surface area contributed by atoms with E-state index < -0.39 is 5.97 Å². The van der Waals surface area contributed by atoms with Gasteiger partial charge in [-0.3, -0.25) is 4.68 Å². The lowest BCUT2D eigenvalue weighted by Crippen LogP contribution is -1.97. The van der Waals surface area contributed by atoms with Gasteiger partial charge in [-0.05, 0) is 18.2 Å². The van der Waals surface area contributed by atoms with Crippen LogP contribution in [0.15, 0.2) is 24.4 Å². The minimum Gasteiger partial charge on any atom is -0.493 e. The van der Waals surface area contributed by atoms with Crippen LogP contribution in [0.4, 0.5) is 0 Å². The zero-order valence-corrected chi connectivity index (χ0v) is 10.9. The van der Waals surface area contributed by atoms with E-state index in [1.807, 2.05) is 0 Å². The van der Waals surface area contributed by atoms with Gasteiger partial charge >= 0.3 is 5.97 Å². The molecule has 0 saturated heterocycles. The molecule has 0 radical (unpaired) electrons. The lowest BCUT2D eigenvalue weighted by molar-refractivity contribution is 0.0697. The minimum absolute atomic E-state index is 0.148. The molecule has 0 aliphatic rings. The van der Waals surface area contributed by atoms with E-state index in [-0.39, 0.29) is 5.56 Å². The van der Waals surface area contributed by atoms with Crippen LogP contribution in [0.5, 0.6) is 11.5 Å². The quantitative estimate of drug-likeness (QED) is 0.909. The lowest BCUT2D eigenvalue weighted by atomic mass is 10.1. The van der Waals surface area contributed by atoms with E-state index in [1.165, 1.54) is 18.0 Å². The number of carboxylic acid groups (broad SMARTS) is 1. The van der Waals surface area contributed by atoms with Crippen LogP contribution in [0, 0.1) is 0 Å². The third-order valence-electron chi connectivity index (χ3n) is 2.72. The van der Waals surface area contributed by atoms with E-state index in [0.29, 0.717) is 22.8 Å². The average molecular weight is 262 g/mol. The number of benzene rings is 1. The molecule has 2 rings (SSSR count). The molecule has 1 aromatic heterocycles. The predicted molar refractivity (Wildman–Crippen MR) is 68.7 cm³/mol. The number of ether oxygens (including phenoxy) is 2. The molecular weight excluding hydrogens is 248 g/mol. The maximum Gasteiger partial charge on any atom is 0.339 e. The molecular formula is C13H14N2O4. The molecule has 1 aromatic carbocycles. The molecule has 6 heteroatoms. The van der Waals surface area contributed by atoms with Crippen molar-refractivity contribution in [3.8, 4) is 22.8 Å². The van der Waals surface area contributed by atoms with E-state index in [9.17, 15) is 4.79 Å². The van der Waals surface area contributed by atoms with E-state index in [1.54, 1.807) is 32.4 Å². The first kappa shape index (κ1) is 12.9. The van der Waals surface area contributed by atoms with Gasteiger partial charge in [0.1, 0.15) is 11.3 Å². The van der Waals surface area contributed by atoms with Gasteiger partial charge in [0.2, 0.25) is 0 Å². The molecule has 0 aliphatic heterocycles. The second-order valence-corrected chi connectivity index (χ2v) is 3.94. The summed E-state index contributed by atoms with van der Waals surface area (Å²) in [4.78, 5) is 11.2. The summed E-state index contributed by atoms with van der Waals surface area (Å²) in [6.07, 6.45) is 1.47. The van der Waals surface area contributed by atoms with E-state index in [4.69, 9.17) is 14.6 Å². The van der Waals surface area contributed by atoms with Crippen LogP contribution < -0.4 is 9.47 Å². The standard InChI is InChI=1S/C13H14N2O4/c1-15-7-9(13(16)17)12(14-15)8-4-5-10(18-2)11(6-8)19-3/h4-7H,1-3H3,(H,16,17). The molecule has 0 amide bonds. The van der Waals surface area contributed by atoms with Gasteiger partial charge in [-0.1, -0.05) is 0 Å². The number of rotatable bonds is 4. The van der Waals surface area contributed by atoms with Crippen molar-refractivity contribution in [2.75, 3.05) is 14.2 Å². The van der Waals surface area contributed by atoms with Gasteiger partial charge in [-0.2, -0.15) is 5.10 Å². The van der Waals surface area contributed by atoms with Gasteiger partial charge in [-0.25, -0.2) is 4.79 Å². The van der Waals surface area contributed by atoms with Gasteiger partial charge in [0, 0.05) is 18.8 Å². The first-order chi connectivity index (χ1) is 9.06. The second kappa shape index (κ2) is 5.01. The van der Waals surface area contributed by atoms with Crippen molar-refractivity contribution in [3.63, 3.8) is 0 Å². The Labute approximate surface area is 110 Å². The van der Waals surface area contributed by atoms with Gasteiger partial charge in [0.15, 0.2) is 11.5 Å². The molecule has 0 fully saturated rings. The summed E-state index contributed by atoms with van der Waals surface area (Å²) in [5, 5.41) is 13.3. The topological polar surface area (TPSA) is 73.6 Å². The average Bonchev–Trinajstić information content (AvgIpc) is 2.80. The third-order valence-corrected chi connectivity index (χ3v) is 2.72. The normalized spacial score (nSPS) is 10.3. The number of carbonyl (C=O) groups is 1. The highest BCUT2D eigenvalue weighted by Crippen LogP contribution is 2.32. The summed E-state index contributed by atoms with van der Waals surface area (Å²) in [7, 11) is 4.75. The van der Waals surface area contributed by atoms with Crippen LogP contribution in [-0.2, 0) is 7.05 Å². The maximum absolute atomic E-state index is 11.2. The van der Waals surface area contributed by atoms with Crippen LogP contribution in [-0.4, -0.2) is 35.1 Å². The SMILES string of the molecule is COc1ccc(-c2nn(C)cc2C(=O)O)cc1OC. The summed E-state index contributed by atoms with van der Waals surface area (Å²) in [5.41, 5.74) is 1.21. The Morgan fingerprint density at radius 3 is 2.53 bits per heavy atom. The lowest BCUT2D eigenvalue weighted by Gasteiger charge is -2.08. The molecule has 1 N–H and O–H groups in total. The first-order valence-corrected chi connectivity index (χ1v) is 5.56. The fourth-order valence-corrected chi connectivity index (χ4v) is 1.84. The van der Waals surface area contributed by atoms with E-state index in [0.717, 1.165) is 0 Å². The largest absolute Gasteiger partial charge is 0.493 e. The number of hydrogen-bond donors (Lipinski definition) is 1. The Balaban J connectivity index is 2.56. The smallest absolute Gasteiger partial charge is 0.339 e. The van der Waals surface area contributed by atoms with Crippen molar-refractivity contribution >= 4 is 5.97 Å². The number of aryl methyl sites for hydroxylation is 1. The third kappa shape index (κ3) is 2.37. The molecule has 6 nitrogen and oxygen atoms in total. The molecule has 19 heavy (non-hydrogen) atoms. The molecule has 2 aromatic rings. The number of carboxylic acids is 1. The Kier molecular flexibility index (Phi) is 3.41. The Morgan fingerprint density at radius 1 is 1.26 bits per heavy atom. The van der Waals surface area contributed by atoms with Crippen molar-refractivity contribution < 1.29 is 19.4 Å². The van der Waals surface area contributed by atoms with Crippen LogP contribution >= 0.6 is 0 Å². The number of hydrogen-bond acceptors (Lipinski definition) is 4. The summed E-state index contributed by atoms with van der Waals surface area (Å²) in [6, 6.07) is 5.16. The molecule has 0 spiro atoms. The molecule has 0 aliphatic carbocycles. The van der Waals surface area contributed by atoms with Crippen molar-refractivity contribution in [1.82, 2.24) is 9.78 Å². The fourth-order valence-electron chi connectivity index (χ4n) is 1.84. The number of nitrogens with zero attached hydrogens (tertiary/aromatic N) is 2. The van der Waals surface area contributed by atoms with Crippen molar-refractivity contribution in [2.45, 2.75) is 0 Å². The van der Waals surface area contributed by atoms with Gasteiger partial charge in [0.05, 0.1) is 14.2 Å². The van der Waals surface area contributed by atoms with Crippen molar-refractivity contribution in [3.05, 3.63) is 30.0 Å². The first-order valence-electron chi connectivity index (χ1n) is 5.56. The van der Waals surface area contributed by atoms with Gasteiger partial charge in [-0.15, -0.1) is 0 Å². The molecule has 100 valence electrons. The molecule has 0 unspecified atom stereocenters. The Bertz CT molecular complexity index is 619. The maximum atomic E-state index is 11.2. The number of methoxy groups -OCH3 is 2. The van der Waals surface area contributed by atoms with Crippen molar-refractivity contribution in [1.29, 1.82) is 0 Å². The highest BCUT2D eigenvalue weighted by atomic mass is 16.5. The fraction of sp³-hybridized carbons (Fsp3) is 0.231. The number of aromatic carboxylic acids is 1. The highest BCUT2D eigenvalue weighted by molar-refractivity contribution is 5.94. The Morgan fingerprint density at radius 2 is 1.95 bits per heavy atom. The van der Waals surface area contributed by atoms with Crippen LogP contribution in [0.1, 0.15) is 10.4 Å². The van der Waals surface area contributed by atoms with Crippen LogP contribution in [0.25, 0.3) is 11.3 Å². The molecule has 0 atom stereocenters. The van der Waals surface area contributed by atoms with Crippen LogP contribution in [0.3, 0.4) is 0 Å². The zero-order valence-electron chi connectivity index (χ0n) is 10.9. The number of aromatic nitrogens is 2. The van der Waals surface area contributed by atoms with E-state index in [2.05, 4.69) is 5.10 Å². The van der Waals surface area contributed by atoms with Gasteiger partial charge in [0.25, 0.3) is 0 Å². The summed E-state index contributed by atoms with van der Waals surface area (Å²) >= 11 is 0. The predicted octanol–water partition coefficient (Wildman–Crippen LogP) is 1.80. The summed E-state index contributed by atoms with van der Waals surface area (Å²) < 4.78 is 11.8. The van der Waals surface area contributed by atoms with E-state index >= 15 is 0 Å². The minimum atomic E-state index is -1.02. The summed E-state index contributed by atoms with van der Waals surface area (Å²) in [5.74, 6) is 0.0962. The molecule has 0 saturated carbocycles. The monoisotopic (exact) mass is 262 g/mol. The zero-order chi connectivity index (χ0) is 14.0. The summed E-state index contributed by atoms with van der Waals surface area (Å²) in [6.45, 7) is 0. The van der Waals surface area contributed by atoms with Gasteiger partial charge < -0.3 is 14.6 Å². The molecule has 0 bridgehead atoms. The van der Waals surface area contributed by atoms with Crippen molar-refractivity contribution in [2.24, 2.45) is 7.05 Å². The Hall–Kier alpha value is -2.50. The highest BCUT2D eigenvalue weighted by Gasteiger charge is 2.17.